The Morgan fingerprint density at radius 3 is 2.53 bits per heavy atom. The summed E-state index contributed by atoms with van der Waals surface area (Å²) >= 11 is 9.41. The smallest absolute Gasteiger partial charge is 0.344 e. The quantitative estimate of drug-likeness (QED) is 0.273. The molecular formula is C23H22BrClN2O5. The molecule has 0 atom stereocenters. The Morgan fingerprint density at radius 2 is 1.88 bits per heavy atom. The molecule has 0 aliphatic heterocycles. The molecule has 0 saturated heterocycles. The van der Waals surface area contributed by atoms with Crippen LogP contribution in [0.2, 0.25) is 5.02 Å². The van der Waals surface area contributed by atoms with E-state index in [1.807, 2.05) is 13.0 Å². The van der Waals surface area contributed by atoms with E-state index in [1.54, 1.807) is 44.2 Å². The van der Waals surface area contributed by atoms with Gasteiger partial charge in [0, 0.05) is 15.2 Å². The van der Waals surface area contributed by atoms with Crippen molar-refractivity contribution in [1.82, 2.24) is 0 Å². The molecule has 32 heavy (non-hydrogen) atoms. The fraction of sp³-hybridized carbons (Fsp3) is 0.261. The number of ether oxygens (including phenoxy) is 3. The first kappa shape index (κ1) is 25.2. The number of aryl methyl sites for hydroxylation is 1. The van der Waals surface area contributed by atoms with Crippen LogP contribution < -0.4 is 14.8 Å². The number of amides is 1. The number of hydrogen-bond acceptors (Lipinski definition) is 6. The molecule has 0 radical (unpaired) electrons. The third-order valence-electron chi connectivity index (χ3n) is 4.13. The average Bonchev–Trinajstić information content (AvgIpc) is 2.75. The minimum atomic E-state index is -0.578. The molecule has 2 rings (SSSR count). The van der Waals surface area contributed by atoms with Gasteiger partial charge in [0.25, 0.3) is 5.91 Å². The van der Waals surface area contributed by atoms with Crippen LogP contribution >= 0.6 is 27.5 Å². The van der Waals surface area contributed by atoms with Crippen LogP contribution in [0.3, 0.4) is 0 Å². The summed E-state index contributed by atoms with van der Waals surface area (Å²) in [7, 11) is 0. The third kappa shape index (κ3) is 7.01. The zero-order valence-corrected chi connectivity index (χ0v) is 20.2. The highest BCUT2D eigenvalue weighted by Gasteiger charge is 2.16. The van der Waals surface area contributed by atoms with Gasteiger partial charge in [0.2, 0.25) is 0 Å². The SMILES string of the molecule is CCOC(=O)COc1cc(Br)c(/C=C(\C#N)C(=O)Nc2cc(Cl)ccc2C)cc1OCC. The Bertz CT molecular complexity index is 1080. The minimum Gasteiger partial charge on any atom is -0.490 e. The largest absolute Gasteiger partial charge is 0.490 e. The number of nitriles is 1. The highest BCUT2D eigenvalue weighted by Crippen LogP contribution is 2.35. The molecule has 0 fully saturated rings. The van der Waals surface area contributed by atoms with E-state index in [-0.39, 0.29) is 18.8 Å². The summed E-state index contributed by atoms with van der Waals surface area (Å²) in [4.78, 5) is 24.3. The molecular weight excluding hydrogens is 500 g/mol. The summed E-state index contributed by atoms with van der Waals surface area (Å²) in [6, 6.07) is 10.2. The summed E-state index contributed by atoms with van der Waals surface area (Å²) in [6.07, 6.45) is 1.43. The van der Waals surface area contributed by atoms with Crippen LogP contribution in [0.15, 0.2) is 40.4 Å². The summed E-state index contributed by atoms with van der Waals surface area (Å²) < 4.78 is 16.5. The van der Waals surface area contributed by atoms with Gasteiger partial charge in [-0.15, -0.1) is 0 Å². The first-order valence-electron chi connectivity index (χ1n) is 9.73. The Hall–Kier alpha value is -3.02. The highest BCUT2D eigenvalue weighted by atomic mass is 79.9. The van der Waals surface area contributed by atoms with Crippen molar-refractivity contribution in [2.75, 3.05) is 25.1 Å². The molecule has 168 valence electrons. The number of nitrogens with zero attached hydrogens (tertiary/aromatic N) is 1. The molecule has 0 aliphatic rings. The van der Waals surface area contributed by atoms with Gasteiger partial charge in [-0.05, 0) is 62.2 Å². The number of rotatable bonds is 9. The second-order valence-corrected chi connectivity index (χ2v) is 7.72. The Balaban J connectivity index is 2.32. The summed E-state index contributed by atoms with van der Waals surface area (Å²) in [6.45, 7) is 5.65. The predicted octanol–water partition coefficient (Wildman–Crippen LogP) is 5.30. The van der Waals surface area contributed by atoms with E-state index in [0.29, 0.717) is 38.9 Å². The molecule has 7 nitrogen and oxygen atoms in total. The van der Waals surface area contributed by atoms with Gasteiger partial charge in [-0.1, -0.05) is 33.6 Å². The second-order valence-electron chi connectivity index (χ2n) is 6.43. The molecule has 0 spiro atoms. The number of halogens is 2. The molecule has 0 saturated carbocycles. The number of nitrogens with one attached hydrogen (secondary N) is 1. The van der Waals surface area contributed by atoms with Gasteiger partial charge in [-0.25, -0.2) is 4.79 Å². The molecule has 0 aliphatic carbocycles. The third-order valence-corrected chi connectivity index (χ3v) is 5.05. The van der Waals surface area contributed by atoms with Gasteiger partial charge in [0.15, 0.2) is 18.1 Å². The molecule has 1 N–H and O–H groups in total. The van der Waals surface area contributed by atoms with E-state index >= 15 is 0 Å². The van der Waals surface area contributed by atoms with Crippen LogP contribution in [0.4, 0.5) is 5.69 Å². The van der Waals surface area contributed by atoms with E-state index in [2.05, 4.69) is 21.2 Å². The number of benzene rings is 2. The lowest BCUT2D eigenvalue weighted by Gasteiger charge is -2.14. The second kappa shape index (κ2) is 12.1. The lowest BCUT2D eigenvalue weighted by atomic mass is 10.1. The zero-order valence-electron chi connectivity index (χ0n) is 17.8. The molecule has 9 heteroatoms. The Morgan fingerprint density at radius 1 is 1.16 bits per heavy atom. The van der Waals surface area contributed by atoms with Crippen LogP contribution in [0.1, 0.15) is 25.0 Å². The highest BCUT2D eigenvalue weighted by molar-refractivity contribution is 9.10. The first-order chi connectivity index (χ1) is 15.3. The number of hydrogen-bond donors (Lipinski definition) is 1. The van der Waals surface area contributed by atoms with Crippen LogP contribution in [-0.2, 0) is 14.3 Å². The first-order valence-corrected chi connectivity index (χ1v) is 10.9. The molecule has 0 heterocycles. The lowest BCUT2D eigenvalue weighted by Crippen LogP contribution is -2.15. The van der Waals surface area contributed by atoms with Crippen molar-refractivity contribution in [3.8, 4) is 17.6 Å². The molecule has 0 unspecified atom stereocenters. The Kier molecular flexibility index (Phi) is 9.57. The molecule has 0 aromatic heterocycles. The van der Waals surface area contributed by atoms with E-state index in [4.69, 9.17) is 25.8 Å². The molecule has 1 amide bonds. The van der Waals surface area contributed by atoms with E-state index < -0.39 is 11.9 Å². The molecule has 2 aromatic carbocycles. The maximum absolute atomic E-state index is 12.7. The van der Waals surface area contributed by atoms with Crippen LogP contribution in [0, 0.1) is 18.3 Å². The number of carbonyl (C=O) groups is 2. The fourth-order valence-corrected chi connectivity index (χ4v) is 3.21. The van der Waals surface area contributed by atoms with Crippen molar-refractivity contribution < 1.29 is 23.8 Å². The standard InChI is InChI=1S/C23H22BrClN2O5/c1-4-30-20-9-15(18(24)11-21(20)32-13-22(28)31-5-2)8-16(12-26)23(29)27-19-10-17(25)7-6-14(19)3/h6-11H,4-5,13H2,1-3H3,(H,27,29)/b16-8+. The van der Waals surface area contributed by atoms with Crippen molar-refractivity contribution in [3.05, 3.63) is 56.5 Å². The summed E-state index contributed by atoms with van der Waals surface area (Å²) in [5.41, 5.74) is 1.72. The predicted molar refractivity (Wildman–Crippen MR) is 126 cm³/mol. The minimum absolute atomic E-state index is 0.118. The van der Waals surface area contributed by atoms with Gasteiger partial charge in [0.05, 0.1) is 13.2 Å². The monoisotopic (exact) mass is 520 g/mol. The van der Waals surface area contributed by atoms with Crippen molar-refractivity contribution in [2.45, 2.75) is 20.8 Å². The van der Waals surface area contributed by atoms with Gasteiger partial charge < -0.3 is 19.5 Å². The van der Waals surface area contributed by atoms with E-state index in [9.17, 15) is 14.9 Å². The van der Waals surface area contributed by atoms with Crippen LogP contribution in [-0.4, -0.2) is 31.7 Å². The van der Waals surface area contributed by atoms with Gasteiger partial charge in [0.1, 0.15) is 11.6 Å². The van der Waals surface area contributed by atoms with Crippen molar-refractivity contribution in [1.29, 1.82) is 5.26 Å². The number of esters is 1. The molecule has 2 aromatic rings. The summed E-state index contributed by atoms with van der Waals surface area (Å²) in [5, 5.41) is 12.7. The fourth-order valence-electron chi connectivity index (χ4n) is 2.60. The maximum atomic E-state index is 12.7. The molecule has 0 bridgehead atoms. The van der Waals surface area contributed by atoms with Gasteiger partial charge in [-0.3, -0.25) is 4.79 Å². The number of carbonyl (C=O) groups excluding carboxylic acids is 2. The van der Waals surface area contributed by atoms with Crippen LogP contribution in [0.25, 0.3) is 6.08 Å². The zero-order chi connectivity index (χ0) is 23.7. The van der Waals surface area contributed by atoms with Crippen molar-refractivity contribution >= 4 is 51.2 Å². The van der Waals surface area contributed by atoms with E-state index in [1.165, 1.54) is 6.08 Å². The van der Waals surface area contributed by atoms with Crippen molar-refractivity contribution in [2.24, 2.45) is 0 Å². The average molecular weight is 522 g/mol. The maximum Gasteiger partial charge on any atom is 0.344 e. The Labute approximate surface area is 200 Å². The van der Waals surface area contributed by atoms with Crippen LogP contribution in [0.5, 0.6) is 11.5 Å². The summed E-state index contributed by atoms with van der Waals surface area (Å²) in [5.74, 6) is -0.406. The normalized spacial score (nSPS) is 10.8. The van der Waals surface area contributed by atoms with Crippen molar-refractivity contribution in [3.63, 3.8) is 0 Å². The topological polar surface area (TPSA) is 97.7 Å². The van der Waals surface area contributed by atoms with E-state index in [0.717, 1.165) is 5.56 Å². The van der Waals surface area contributed by atoms with Gasteiger partial charge in [-0.2, -0.15) is 5.26 Å². The number of anilines is 1. The van der Waals surface area contributed by atoms with Gasteiger partial charge >= 0.3 is 5.97 Å². The lowest BCUT2D eigenvalue weighted by molar-refractivity contribution is -0.145.